The molecule has 0 radical (unpaired) electrons. The normalized spacial score (nSPS) is 10.4. The molecule has 0 bridgehead atoms. The van der Waals surface area contributed by atoms with Gasteiger partial charge < -0.3 is 9.73 Å². The fourth-order valence-electron chi connectivity index (χ4n) is 1.23. The maximum Gasteiger partial charge on any atom is 0.211 e. The van der Waals surface area contributed by atoms with Crippen LogP contribution in [-0.2, 0) is 0 Å². The SMILES string of the molecule is CCCCCNCC(=O)c1ccco1. The Balaban J connectivity index is 2.10. The molecule has 0 unspecified atom stereocenters. The zero-order valence-corrected chi connectivity index (χ0v) is 8.58. The summed E-state index contributed by atoms with van der Waals surface area (Å²) in [4.78, 5) is 11.4. The van der Waals surface area contributed by atoms with E-state index in [2.05, 4.69) is 12.2 Å². The molecule has 1 aromatic rings. The van der Waals surface area contributed by atoms with Crippen LogP contribution in [0.25, 0.3) is 0 Å². The standard InChI is InChI=1S/C11H17NO2/c1-2-3-4-7-12-9-10(13)11-6-5-8-14-11/h5-6,8,12H,2-4,7,9H2,1H3. The van der Waals surface area contributed by atoms with Gasteiger partial charge in [-0.3, -0.25) is 4.79 Å². The number of carbonyl (C=O) groups excluding carboxylic acids is 1. The van der Waals surface area contributed by atoms with E-state index in [1.807, 2.05) is 0 Å². The minimum atomic E-state index is 0.0199. The number of rotatable bonds is 7. The summed E-state index contributed by atoms with van der Waals surface area (Å²) in [6, 6.07) is 3.42. The van der Waals surface area contributed by atoms with Crippen molar-refractivity contribution in [2.75, 3.05) is 13.1 Å². The van der Waals surface area contributed by atoms with Gasteiger partial charge in [0.05, 0.1) is 12.8 Å². The molecule has 3 nitrogen and oxygen atoms in total. The Kier molecular flexibility index (Phi) is 5.00. The summed E-state index contributed by atoms with van der Waals surface area (Å²) >= 11 is 0. The van der Waals surface area contributed by atoms with E-state index in [1.54, 1.807) is 12.1 Å². The van der Waals surface area contributed by atoms with Crippen molar-refractivity contribution in [3.05, 3.63) is 24.2 Å². The summed E-state index contributed by atoms with van der Waals surface area (Å²) in [7, 11) is 0. The van der Waals surface area contributed by atoms with E-state index in [0.29, 0.717) is 12.3 Å². The van der Waals surface area contributed by atoms with Crippen molar-refractivity contribution >= 4 is 5.78 Å². The third-order valence-corrected chi connectivity index (χ3v) is 2.04. The van der Waals surface area contributed by atoms with Crippen molar-refractivity contribution in [3.63, 3.8) is 0 Å². The van der Waals surface area contributed by atoms with Crippen molar-refractivity contribution in [1.82, 2.24) is 5.32 Å². The number of Topliss-reactive ketones (excluding diaryl/α,β-unsaturated/α-hetero) is 1. The smallest absolute Gasteiger partial charge is 0.211 e. The van der Waals surface area contributed by atoms with Gasteiger partial charge in [0.1, 0.15) is 0 Å². The molecule has 0 saturated heterocycles. The first kappa shape index (κ1) is 11.0. The largest absolute Gasteiger partial charge is 0.461 e. The van der Waals surface area contributed by atoms with E-state index in [1.165, 1.54) is 19.1 Å². The summed E-state index contributed by atoms with van der Waals surface area (Å²) in [6.07, 6.45) is 5.06. The second-order valence-corrected chi connectivity index (χ2v) is 3.28. The van der Waals surface area contributed by atoms with Crippen LogP contribution in [0.15, 0.2) is 22.8 Å². The molecule has 1 heterocycles. The Morgan fingerprint density at radius 1 is 1.50 bits per heavy atom. The maximum absolute atomic E-state index is 11.4. The molecule has 1 rings (SSSR count). The molecule has 1 N–H and O–H groups in total. The fraction of sp³-hybridized carbons (Fsp3) is 0.545. The first-order chi connectivity index (χ1) is 6.84. The van der Waals surface area contributed by atoms with Crippen LogP contribution < -0.4 is 5.32 Å². The number of hydrogen-bond acceptors (Lipinski definition) is 3. The lowest BCUT2D eigenvalue weighted by molar-refractivity contribution is 0.0964. The Bertz CT molecular complexity index is 254. The number of furan rings is 1. The molecule has 0 saturated carbocycles. The highest BCUT2D eigenvalue weighted by Gasteiger charge is 2.06. The molecule has 0 aliphatic rings. The fourth-order valence-corrected chi connectivity index (χ4v) is 1.23. The first-order valence-electron chi connectivity index (χ1n) is 5.12. The Labute approximate surface area is 84.5 Å². The molecule has 0 aliphatic carbocycles. The third-order valence-electron chi connectivity index (χ3n) is 2.04. The molecule has 0 atom stereocenters. The van der Waals surface area contributed by atoms with Gasteiger partial charge in [0.15, 0.2) is 5.76 Å². The van der Waals surface area contributed by atoms with Crippen LogP contribution in [0.1, 0.15) is 36.7 Å². The van der Waals surface area contributed by atoms with E-state index in [9.17, 15) is 4.79 Å². The lowest BCUT2D eigenvalue weighted by atomic mass is 10.2. The van der Waals surface area contributed by atoms with Crippen molar-refractivity contribution < 1.29 is 9.21 Å². The van der Waals surface area contributed by atoms with Crippen molar-refractivity contribution in [1.29, 1.82) is 0 Å². The number of hydrogen-bond donors (Lipinski definition) is 1. The Hall–Kier alpha value is -1.09. The number of carbonyl (C=O) groups is 1. The number of unbranched alkanes of at least 4 members (excludes halogenated alkanes) is 2. The Morgan fingerprint density at radius 3 is 3.00 bits per heavy atom. The Morgan fingerprint density at radius 2 is 2.36 bits per heavy atom. The predicted molar refractivity (Wildman–Crippen MR) is 55.4 cm³/mol. The third kappa shape index (κ3) is 3.75. The highest BCUT2D eigenvalue weighted by molar-refractivity contribution is 5.94. The number of nitrogens with one attached hydrogen (secondary N) is 1. The minimum Gasteiger partial charge on any atom is -0.461 e. The van der Waals surface area contributed by atoms with Gasteiger partial charge in [0.25, 0.3) is 0 Å². The van der Waals surface area contributed by atoms with E-state index in [4.69, 9.17) is 4.42 Å². The second-order valence-electron chi connectivity index (χ2n) is 3.28. The van der Waals surface area contributed by atoms with E-state index in [0.717, 1.165) is 13.0 Å². The molecule has 0 aromatic carbocycles. The van der Waals surface area contributed by atoms with Crippen LogP contribution in [-0.4, -0.2) is 18.9 Å². The molecular weight excluding hydrogens is 178 g/mol. The molecule has 0 amide bonds. The summed E-state index contributed by atoms with van der Waals surface area (Å²) < 4.78 is 4.98. The van der Waals surface area contributed by atoms with Gasteiger partial charge >= 0.3 is 0 Å². The van der Waals surface area contributed by atoms with Crippen molar-refractivity contribution in [3.8, 4) is 0 Å². The van der Waals surface area contributed by atoms with Gasteiger partial charge in [-0.05, 0) is 25.1 Å². The highest BCUT2D eigenvalue weighted by atomic mass is 16.3. The monoisotopic (exact) mass is 195 g/mol. The average molecular weight is 195 g/mol. The zero-order chi connectivity index (χ0) is 10.2. The van der Waals surface area contributed by atoms with E-state index >= 15 is 0 Å². The van der Waals surface area contributed by atoms with Gasteiger partial charge in [-0.1, -0.05) is 19.8 Å². The van der Waals surface area contributed by atoms with Crippen LogP contribution in [0, 0.1) is 0 Å². The van der Waals surface area contributed by atoms with Gasteiger partial charge in [-0.25, -0.2) is 0 Å². The quantitative estimate of drug-likeness (QED) is 0.536. The molecule has 3 heteroatoms. The van der Waals surface area contributed by atoms with Gasteiger partial charge in [0, 0.05) is 0 Å². The number of ketones is 1. The molecule has 0 spiro atoms. The summed E-state index contributed by atoms with van der Waals surface area (Å²) in [5, 5.41) is 3.10. The maximum atomic E-state index is 11.4. The second kappa shape index (κ2) is 6.38. The summed E-state index contributed by atoms with van der Waals surface area (Å²) in [5.41, 5.74) is 0. The molecule has 14 heavy (non-hydrogen) atoms. The van der Waals surface area contributed by atoms with Crippen LogP contribution >= 0.6 is 0 Å². The van der Waals surface area contributed by atoms with Crippen molar-refractivity contribution in [2.45, 2.75) is 26.2 Å². The molecular formula is C11H17NO2. The molecule has 0 aliphatic heterocycles. The van der Waals surface area contributed by atoms with Gasteiger partial charge in [-0.15, -0.1) is 0 Å². The molecule has 78 valence electrons. The van der Waals surface area contributed by atoms with Crippen LogP contribution in [0.4, 0.5) is 0 Å². The van der Waals surface area contributed by atoms with E-state index in [-0.39, 0.29) is 5.78 Å². The van der Waals surface area contributed by atoms with Crippen molar-refractivity contribution in [2.24, 2.45) is 0 Å². The lowest BCUT2D eigenvalue weighted by Gasteiger charge is -2.01. The molecule has 1 aromatic heterocycles. The van der Waals surface area contributed by atoms with Crippen LogP contribution in [0.2, 0.25) is 0 Å². The topological polar surface area (TPSA) is 42.2 Å². The van der Waals surface area contributed by atoms with Gasteiger partial charge in [-0.2, -0.15) is 0 Å². The van der Waals surface area contributed by atoms with Crippen LogP contribution in [0.3, 0.4) is 0 Å². The first-order valence-corrected chi connectivity index (χ1v) is 5.12. The average Bonchev–Trinajstić information content (AvgIpc) is 2.70. The minimum absolute atomic E-state index is 0.0199. The summed E-state index contributed by atoms with van der Waals surface area (Å²) in [6.45, 7) is 3.44. The zero-order valence-electron chi connectivity index (χ0n) is 8.58. The van der Waals surface area contributed by atoms with Crippen LogP contribution in [0.5, 0.6) is 0 Å². The lowest BCUT2D eigenvalue weighted by Crippen LogP contribution is -2.23. The molecule has 0 fully saturated rings. The highest BCUT2D eigenvalue weighted by Crippen LogP contribution is 2.00. The van der Waals surface area contributed by atoms with Gasteiger partial charge in [0.2, 0.25) is 5.78 Å². The van der Waals surface area contributed by atoms with E-state index < -0.39 is 0 Å². The predicted octanol–water partition coefficient (Wildman–Crippen LogP) is 2.24. The summed E-state index contributed by atoms with van der Waals surface area (Å²) in [5.74, 6) is 0.458.